The predicted octanol–water partition coefficient (Wildman–Crippen LogP) is 5.95. The molecule has 4 nitrogen and oxygen atoms in total. The molecule has 1 aliphatic rings. The van der Waals surface area contributed by atoms with Crippen LogP contribution in [0.4, 0.5) is 11.4 Å². The number of fused-ring (bicyclic) bond motifs is 1. The molecule has 0 aliphatic carbocycles. The lowest BCUT2D eigenvalue weighted by atomic mass is 10.0. The Morgan fingerprint density at radius 1 is 0.962 bits per heavy atom. The summed E-state index contributed by atoms with van der Waals surface area (Å²) in [5, 5.41) is 11.2. The van der Waals surface area contributed by atoms with Crippen molar-refractivity contribution >= 4 is 28.8 Å². The smallest absolute Gasteiger partial charge is 0.258 e. The molecule has 0 fully saturated rings. The van der Waals surface area contributed by atoms with Crippen LogP contribution in [0.25, 0.3) is 0 Å². The molecule has 3 aromatic carbocycles. The third-order valence-electron chi connectivity index (χ3n) is 4.33. The molecule has 0 saturated heterocycles. The van der Waals surface area contributed by atoms with Crippen molar-refractivity contribution in [1.29, 1.82) is 0 Å². The molecule has 4 rings (SSSR count). The normalized spacial score (nSPS) is 16.3. The number of hydrogen-bond donors (Lipinski definition) is 0. The molecule has 3 aromatic rings. The maximum Gasteiger partial charge on any atom is 0.269 e. The summed E-state index contributed by atoms with van der Waals surface area (Å²) in [5.74, 6) is 0. The van der Waals surface area contributed by atoms with Crippen LogP contribution in [0, 0.1) is 10.1 Å². The molecule has 0 unspecified atom stereocenters. The van der Waals surface area contributed by atoms with Crippen LogP contribution in [0.1, 0.15) is 22.8 Å². The van der Waals surface area contributed by atoms with Gasteiger partial charge in [0.1, 0.15) is 0 Å². The zero-order valence-corrected chi connectivity index (χ0v) is 14.7. The van der Waals surface area contributed by atoms with E-state index in [9.17, 15) is 10.1 Å². The molecule has 0 N–H and O–H groups in total. The fourth-order valence-electron chi connectivity index (χ4n) is 3.05. The molecule has 0 amide bonds. The van der Waals surface area contributed by atoms with Gasteiger partial charge in [-0.25, -0.2) is 0 Å². The number of hydrogen-bond acceptors (Lipinski definition) is 4. The molecule has 26 heavy (non-hydrogen) atoms. The Labute approximate surface area is 155 Å². The van der Waals surface area contributed by atoms with Gasteiger partial charge in [-0.15, -0.1) is 11.8 Å². The van der Waals surface area contributed by atoms with Crippen LogP contribution >= 0.6 is 11.8 Å². The summed E-state index contributed by atoms with van der Waals surface area (Å²) < 4.78 is 0. The third-order valence-corrected chi connectivity index (χ3v) is 5.65. The van der Waals surface area contributed by atoms with E-state index in [1.54, 1.807) is 23.9 Å². The Morgan fingerprint density at radius 3 is 2.54 bits per heavy atom. The Hall–Kier alpha value is -2.92. The summed E-state index contributed by atoms with van der Waals surface area (Å²) in [6, 6.07) is 25.1. The molecular weight excluding hydrogens is 344 g/mol. The van der Waals surface area contributed by atoms with Crippen LogP contribution in [0.15, 0.2) is 88.8 Å². The minimum atomic E-state index is -0.342. The van der Waals surface area contributed by atoms with E-state index in [1.807, 2.05) is 42.5 Å². The summed E-state index contributed by atoms with van der Waals surface area (Å²) in [6.07, 6.45) is 0.713. The summed E-state index contributed by atoms with van der Waals surface area (Å²) in [7, 11) is 0. The van der Waals surface area contributed by atoms with Crippen LogP contribution in [0.2, 0.25) is 0 Å². The highest BCUT2D eigenvalue weighted by atomic mass is 32.2. The summed E-state index contributed by atoms with van der Waals surface area (Å²) in [6.45, 7) is 0. The molecule has 0 aromatic heterocycles. The zero-order valence-electron chi connectivity index (χ0n) is 13.9. The molecule has 1 aliphatic heterocycles. The minimum Gasteiger partial charge on any atom is -0.258 e. The fraction of sp³-hybridized carbons (Fsp3) is 0.0952. The molecule has 1 heterocycles. The van der Waals surface area contributed by atoms with E-state index in [1.165, 1.54) is 6.07 Å². The van der Waals surface area contributed by atoms with Gasteiger partial charge < -0.3 is 0 Å². The van der Waals surface area contributed by atoms with Gasteiger partial charge in [0.2, 0.25) is 0 Å². The molecule has 0 spiro atoms. The third kappa shape index (κ3) is 3.39. The molecule has 1 atom stereocenters. The first-order valence-electron chi connectivity index (χ1n) is 8.34. The number of aliphatic imine (C=N–C) groups is 1. The zero-order chi connectivity index (χ0) is 17.9. The van der Waals surface area contributed by atoms with E-state index < -0.39 is 0 Å². The van der Waals surface area contributed by atoms with E-state index in [0.29, 0.717) is 6.42 Å². The second-order valence-electron chi connectivity index (χ2n) is 6.05. The van der Waals surface area contributed by atoms with Gasteiger partial charge in [0, 0.05) is 34.4 Å². The number of benzene rings is 3. The van der Waals surface area contributed by atoms with Crippen LogP contribution < -0.4 is 0 Å². The second-order valence-corrected chi connectivity index (χ2v) is 7.30. The summed E-state index contributed by atoms with van der Waals surface area (Å²) in [5.41, 5.74) is 4.10. The molecule has 0 saturated carbocycles. The van der Waals surface area contributed by atoms with Crippen LogP contribution in [0.3, 0.4) is 0 Å². The monoisotopic (exact) mass is 360 g/mol. The van der Waals surface area contributed by atoms with Crippen molar-refractivity contribution in [2.75, 3.05) is 0 Å². The van der Waals surface area contributed by atoms with Crippen LogP contribution in [-0.2, 0) is 0 Å². The first-order valence-corrected chi connectivity index (χ1v) is 9.22. The lowest BCUT2D eigenvalue weighted by molar-refractivity contribution is -0.384. The maximum atomic E-state index is 11.2. The van der Waals surface area contributed by atoms with Gasteiger partial charge in [-0.1, -0.05) is 54.6 Å². The molecule has 0 radical (unpaired) electrons. The number of para-hydroxylation sites is 1. The van der Waals surface area contributed by atoms with Crippen molar-refractivity contribution in [2.24, 2.45) is 4.99 Å². The fourth-order valence-corrected chi connectivity index (χ4v) is 4.27. The van der Waals surface area contributed by atoms with E-state index in [0.717, 1.165) is 27.4 Å². The second kappa shape index (κ2) is 7.14. The average molecular weight is 360 g/mol. The lowest BCUT2D eigenvalue weighted by Crippen LogP contribution is -2.05. The van der Waals surface area contributed by atoms with Crippen molar-refractivity contribution in [3.8, 4) is 0 Å². The average Bonchev–Trinajstić information content (AvgIpc) is 2.88. The minimum absolute atomic E-state index is 0.0671. The Balaban J connectivity index is 1.79. The van der Waals surface area contributed by atoms with Gasteiger partial charge >= 0.3 is 0 Å². The number of nitro groups is 1. The highest BCUT2D eigenvalue weighted by Gasteiger charge is 2.23. The van der Waals surface area contributed by atoms with Crippen molar-refractivity contribution in [2.45, 2.75) is 16.6 Å². The van der Waals surface area contributed by atoms with Crippen molar-refractivity contribution in [1.82, 2.24) is 0 Å². The van der Waals surface area contributed by atoms with Gasteiger partial charge in [-0.05, 0) is 23.3 Å². The van der Waals surface area contributed by atoms with Gasteiger partial charge in [0.05, 0.1) is 10.6 Å². The van der Waals surface area contributed by atoms with Crippen molar-refractivity contribution in [3.63, 3.8) is 0 Å². The van der Waals surface area contributed by atoms with Gasteiger partial charge in [0.15, 0.2) is 0 Å². The standard InChI is InChI=1S/C21H16N2O2S/c24-23(25)17-10-6-9-16(13-17)21-14-19(15-7-2-1-3-8-15)22-18-11-4-5-12-20(18)26-21/h1-13,21H,14H2/t21-/m1/s1. The van der Waals surface area contributed by atoms with Crippen LogP contribution in [0.5, 0.6) is 0 Å². The number of rotatable bonds is 3. The van der Waals surface area contributed by atoms with Gasteiger partial charge in [0.25, 0.3) is 5.69 Å². The molecule has 5 heteroatoms. The van der Waals surface area contributed by atoms with E-state index >= 15 is 0 Å². The van der Waals surface area contributed by atoms with Gasteiger partial charge in [-0.3, -0.25) is 15.1 Å². The highest BCUT2D eigenvalue weighted by Crippen LogP contribution is 2.45. The lowest BCUT2D eigenvalue weighted by Gasteiger charge is -2.16. The first-order chi connectivity index (χ1) is 12.7. The quantitative estimate of drug-likeness (QED) is 0.428. The van der Waals surface area contributed by atoms with Crippen LogP contribution in [-0.4, -0.2) is 10.6 Å². The summed E-state index contributed by atoms with van der Waals surface area (Å²) >= 11 is 1.71. The first kappa shape index (κ1) is 16.5. The predicted molar refractivity (Wildman–Crippen MR) is 105 cm³/mol. The van der Waals surface area contributed by atoms with Crippen molar-refractivity contribution in [3.05, 3.63) is 100 Å². The highest BCUT2D eigenvalue weighted by molar-refractivity contribution is 7.99. The number of non-ortho nitro benzene ring substituents is 1. The molecular formula is C21H16N2O2S. The number of nitrogens with zero attached hydrogens (tertiary/aromatic N) is 2. The Morgan fingerprint density at radius 2 is 1.73 bits per heavy atom. The number of thioether (sulfide) groups is 1. The largest absolute Gasteiger partial charge is 0.269 e. The SMILES string of the molecule is O=[N+]([O-])c1cccc([C@H]2CC(c3ccccc3)=Nc3ccccc3S2)c1. The van der Waals surface area contributed by atoms with E-state index in [2.05, 4.69) is 18.2 Å². The topological polar surface area (TPSA) is 55.5 Å². The Bertz CT molecular complexity index is 986. The number of nitro benzene ring substituents is 1. The molecule has 128 valence electrons. The van der Waals surface area contributed by atoms with Gasteiger partial charge in [-0.2, -0.15) is 0 Å². The van der Waals surface area contributed by atoms with Crippen molar-refractivity contribution < 1.29 is 4.92 Å². The van der Waals surface area contributed by atoms with E-state index in [4.69, 9.17) is 4.99 Å². The van der Waals surface area contributed by atoms with E-state index in [-0.39, 0.29) is 15.9 Å². The maximum absolute atomic E-state index is 11.2. The summed E-state index contributed by atoms with van der Waals surface area (Å²) in [4.78, 5) is 16.8. The molecule has 0 bridgehead atoms. The Kier molecular flexibility index (Phi) is 4.54.